The Balaban J connectivity index is 2.16. The molecule has 2 heterocycles. The summed E-state index contributed by atoms with van der Waals surface area (Å²) in [5, 5.41) is 13.6. The zero-order valence-corrected chi connectivity index (χ0v) is 9.45. The smallest absolute Gasteiger partial charge is 0.355 e. The van der Waals surface area contributed by atoms with Crippen LogP contribution in [-0.2, 0) is 0 Å². The Kier molecular flexibility index (Phi) is 2.78. The van der Waals surface area contributed by atoms with Gasteiger partial charge < -0.3 is 15.3 Å². The van der Waals surface area contributed by atoms with Crippen molar-refractivity contribution in [2.75, 3.05) is 13.1 Å². The number of amides is 2. The number of hydrogen-bond donors (Lipinski definition) is 2. The van der Waals surface area contributed by atoms with Gasteiger partial charge in [-0.1, -0.05) is 0 Å². The lowest BCUT2D eigenvalue weighted by Crippen LogP contribution is -2.30. The standard InChI is InChI=1S/C9H11N3O3S/c1-5(12-3-2-10-9(12)15)7-11-6(4-16-7)8(13)14/h4-5H,2-3H2,1H3,(H,10,15)(H,13,14). The second kappa shape index (κ2) is 4.09. The molecular weight excluding hydrogens is 230 g/mol. The van der Waals surface area contributed by atoms with Crippen LogP contribution in [0.4, 0.5) is 4.79 Å². The van der Waals surface area contributed by atoms with Crippen LogP contribution in [0.2, 0.25) is 0 Å². The van der Waals surface area contributed by atoms with E-state index in [9.17, 15) is 9.59 Å². The van der Waals surface area contributed by atoms with Crippen LogP contribution in [0.1, 0.15) is 28.5 Å². The predicted molar refractivity (Wildman–Crippen MR) is 57.6 cm³/mol. The lowest BCUT2D eigenvalue weighted by Gasteiger charge is -2.20. The molecule has 2 amide bonds. The van der Waals surface area contributed by atoms with Crippen LogP contribution in [-0.4, -0.2) is 40.1 Å². The molecule has 0 bridgehead atoms. The van der Waals surface area contributed by atoms with Crippen molar-refractivity contribution in [3.05, 3.63) is 16.1 Å². The Bertz CT molecular complexity index is 431. The Morgan fingerprint density at radius 1 is 1.75 bits per heavy atom. The van der Waals surface area contributed by atoms with Gasteiger partial charge in [-0.3, -0.25) is 0 Å². The average Bonchev–Trinajstić information content (AvgIpc) is 2.84. The number of aromatic nitrogens is 1. The fraction of sp³-hybridized carbons (Fsp3) is 0.444. The summed E-state index contributed by atoms with van der Waals surface area (Å²) in [6.45, 7) is 3.09. The first-order valence-corrected chi connectivity index (χ1v) is 5.70. The Morgan fingerprint density at radius 3 is 3.00 bits per heavy atom. The van der Waals surface area contributed by atoms with Crippen LogP contribution < -0.4 is 5.32 Å². The van der Waals surface area contributed by atoms with E-state index in [1.807, 2.05) is 6.92 Å². The highest BCUT2D eigenvalue weighted by Crippen LogP contribution is 2.24. The minimum absolute atomic E-state index is 0.0338. The maximum Gasteiger partial charge on any atom is 0.355 e. The van der Waals surface area contributed by atoms with E-state index in [-0.39, 0.29) is 17.8 Å². The summed E-state index contributed by atoms with van der Waals surface area (Å²) in [5.41, 5.74) is 0.0338. The van der Waals surface area contributed by atoms with E-state index in [2.05, 4.69) is 10.3 Å². The van der Waals surface area contributed by atoms with E-state index < -0.39 is 5.97 Å². The molecule has 1 aromatic rings. The molecule has 0 aromatic carbocycles. The van der Waals surface area contributed by atoms with Gasteiger partial charge in [-0.05, 0) is 6.92 Å². The van der Waals surface area contributed by atoms with Gasteiger partial charge in [0.15, 0.2) is 5.69 Å². The van der Waals surface area contributed by atoms with E-state index in [0.29, 0.717) is 18.1 Å². The summed E-state index contributed by atoms with van der Waals surface area (Å²) in [6, 6.07) is -0.305. The first kappa shape index (κ1) is 10.9. The van der Waals surface area contributed by atoms with Crippen molar-refractivity contribution in [3.63, 3.8) is 0 Å². The minimum Gasteiger partial charge on any atom is -0.476 e. The lowest BCUT2D eigenvalue weighted by atomic mass is 10.3. The maximum atomic E-state index is 11.4. The summed E-state index contributed by atoms with van der Waals surface area (Å²) < 4.78 is 0. The van der Waals surface area contributed by atoms with Gasteiger partial charge in [0.05, 0.1) is 6.04 Å². The molecule has 0 saturated carbocycles. The van der Waals surface area contributed by atoms with Crippen LogP contribution in [0, 0.1) is 0 Å². The van der Waals surface area contributed by atoms with Gasteiger partial charge in [0, 0.05) is 18.5 Å². The SMILES string of the molecule is CC(c1nc(C(=O)O)cs1)N1CCNC1=O. The second-order valence-corrected chi connectivity index (χ2v) is 4.37. The van der Waals surface area contributed by atoms with E-state index in [0.717, 1.165) is 0 Å². The van der Waals surface area contributed by atoms with Crippen molar-refractivity contribution in [2.24, 2.45) is 0 Å². The number of carboxylic acid groups (broad SMARTS) is 1. The molecule has 0 aliphatic carbocycles. The molecule has 0 spiro atoms. The fourth-order valence-corrected chi connectivity index (χ4v) is 2.43. The summed E-state index contributed by atoms with van der Waals surface area (Å²) in [5.74, 6) is -1.04. The monoisotopic (exact) mass is 241 g/mol. The molecule has 2 rings (SSSR count). The average molecular weight is 241 g/mol. The first-order chi connectivity index (χ1) is 7.59. The van der Waals surface area contributed by atoms with Crippen LogP contribution in [0.15, 0.2) is 5.38 Å². The Hall–Kier alpha value is -1.63. The highest BCUT2D eigenvalue weighted by atomic mass is 32.1. The number of aromatic carboxylic acids is 1. The van der Waals surface area contributed by atoms with Crippen molar-refractivity contribution >= 4 is 23.3 Å². The number of rotatable bonds is 3. The highest BCUT2D eigenvalue weighted by Gasteiger charge is 2.27. The largest absolute Gasteiger partial charge is 0.476 e. The van der Waals surface area contributed by atoms with Crippen molar-refractivity contribution < 1.29 is 14.7 Å². The third-order valence-corrected chi connectivity index (χ3v) is 3.47. The van der Waals surface area contributed by atoms with E-state index in [1.165, 1.54) is 16.7 Å². The van der Waals surface area contributed by atoms with Crippen molar-refractivity contribution in [1.29, 1.82) is 0 Å². The third kappa shape index (κ3) is 1.85. The van der Waals surface area contributed by atoms with Gasteiger partial charge in [0.25, 0.3) is 0 Å². The lowest BCUT2D eigenvalue weighted by molar-refractivity contribution is 0.0691. The molecule has 6 nitrogen and oxygen atoms in total. The molecule has 2 N–H and O–H groups in total. The molecule has 16 heavy (non-hydrogen) atoms. The molecule has 1 unspecified atom stereocenters. The van der Waals surface area contributed by atoms with Gasteiger partial charge in [-0.2, -0.15) is 0 Å². The van der Waals surface area contributed by atoms with Crippen molar-refractivity contribution in [2.45, 2.75) is 13.0 Å². The molecular formula is C9H11N3O3S. The molecule has 0 radical (unpaired) electrons. The maximum absolute atomic E-state index is 11.4. The highest BCUT2D eigenvalue weighted by molar-refractivity contribution is 7.09. The topological polar surface area (TPSA) is 82.5 Å². The van der Waals surface area contributed by atoms with Gasteiger partial charge in [-0.15, -0.1) is 11.3 Å². The van der Waals surface area contributed by atoms with Gasteiger partial charge >= 0.3 is 12.0 Å². The fourth-order valence-electron chi connectivity index (χ4n) is 1.57. The zero-order chi connectivity index (χ0) is 11.7. The molecule has 86 valence electrons. The second-order valence-electron chi connectivity index (χ2n) is 3.48. The van der Waals surface area contributed by atoms with Crippen molar-refractivity contribution in [1.82, 2.24) is 15.2 Å². The zero-order valence-electron chi connectivity index (χ0n) is 8.64. The first-order valence-electron chi connectivity index (χ1n) is 4.83. The molecule has 1 saturated heterocycles. The number of carbonyl (C=O) groups is 2. The molecule has 1 fully saturated rings. The number of hydrogen-bond acceptors (Lipinski definition) is 4. The molecule has 7 heteroatoms. The predicted octanol–water partition coefficient (Wildman–Crippen LogP) is 0.928. The van der Waals surface area contributed by atoms with E-state index in [4.69, 9.17) is 5.11 Å². The van der Waals surface area contributed by atoms with E-state index in [1.54, 1.807) is 4.90 Å². The van der Waals surface area contributed by atoms with Crippen LogP contribution in [0.3, 0.4) is 0 Å². The van der Waals surface area contributed by atoms with Gasteiger partial charge in [-0.25, -0.2) is 14.6 Å². The Morgan fingerprint density at radius 2 is 2.50 bits per heavy atom. The number of nitrogens with one attached hydrogen (secondary N) is 1. The van der Waals surface area contributed by atoms with E-state index >= 15 is 0 Å². The number of thiazole rings is 1. The summed E-state index contributed by atoms with van der Waals surface area (Å²) in [6.07, 6.45) is 0. The number of carboxylic acids is 1. The number of urea groups is 1. The number of nitrogens with zero attached hydrogens (tertiary/aromatic N) is 2. The molecule has 1 atom stereocenters. The Labute approximate surface area is 95.9 Å². The van der Waals surface area contributed by atoms with Crippen LogP contribution in [0.25, 0.3) is 0 Å². The number of carbonyl (C=O) groups excluding carboxylic acids is 1. The summed E-state index contributed by atoms with van der Waals surface area (Å²) >= 11 is 1.26. The van der Waals surface area contributed by atoms with Gasteiger partial charge in [0.2, 0.25) is 0 Å². The molecule has 1 aromatic heterocycles. The van der Waals surface area contributed by atoms with Crippen LogP contribution in [0.5, 0.6) is 0 Å². The normalized spacial score (nSPS) is 17.3. The third-order valence-electron chi connectivity index (χ3n) is 2.46. The van der Waals surface area contributed by atoms with Crippen molar-refractivity contribution in [3.8, 4) is 0 Å². The summed E-state index contributed by atoms with van der Waals surface area (Å²) in [7, 11) is 0. The van der Waals surface area contributed by atoms with Crippen LogP contribution >= 0.6 is 11.3 Å². The quantitative estimate of drug-likeness (QED) is 0.824. The van der Waals surface area contributed by atoms with Gasteiger partial charge in [0.1, 0.15) is 5.01 Å². The summed E-state index contributed by atoms with van der Waals surface area (Å²) in [4.78, 5) is 27.7. The minimum atomic E-state index is -1.04. The molecule has 1 aliphatic heterocycles. The molecule has 1 aliphatic rings.